The highest BCUT2D eigenvalue weighted by atomic mass is 14.9. The molecule has 0 saturated carbocycles. The Bertz CT molecular complexity index is 520. The SMILES string of the molecule is CNC(Cc1ccc(C)cc1)c1c(C)cccc1C. The smallest absolute Gasteiger partial charge is 0.0363 e. The van der Waals surface area contributed by atoms with E-state index >= 15 is 0 Å². The summed E-state index contributed by atoms with van der Waals surface area (Å²) in [6.07, 6.45) is 1.03. The second-order valence-electron chi connectivity index (χ2n) is 5.34. The van der Waals surface area contributed by atoms with Crippen molar-refractivity contribution < 1.29 is 0 Å². The van der Waals surface area contributed by atoms with Crippen LogP contribution in [0.2, 0.25) is 0 Å². The molecule has 0 spiro atoms. The molecule has 2 aromatic carbocycles. The Morgan fingerprint density at radius 1 is 0.895 bits per heavy atom. The van der Waals surface area contributed by atoms with E-state index < -0.39 is 0 Å². The normalized spacial score (nSPS) is 12.4. The van der Waals surface area contributed by atoms with Crippen LogP contribution in [-0.4, -0.2) is 7.05 Å². The van der Waals surface area contributed by atoms with Crippen molar-refractivity contribution in [2.75, 3.05) is 7.05 Å². The number of benzene rings is 2. The highest BCUT2D eigenvalue weighted by molar-refractivity contribution is 5.37. The predicted molar refractivity (Wildman–Crippen MR) is 82.6 cm³/mol. The van der Waals surface area contributed by atoms with Gasteiger partial charge < -0.3 is 5.32 Å². The van der Waals surface area contributed by atoms with Crippen molar-refractivity contribution in [2.24, 2.45) is 0 Å². The molecule has 2 rings (SSSR count). The minimum Gasteiger partial charge on any atom is -0.313 e. The Balaban J connectivity index is 2.27. The van der Waals surface area contributed by atoms with Gasteiger partial charge in [-0.1, -0.05) is 48.0 Å². The summed E-state index contributed by atoms with van der Waals surface area (Å²) >= 11 is 0. The monoisotopic (exact) mass is 253 g/mol. The molecule has 0 saturated heterocycles. The van der Waals surface area contributed by atoms with Crippen LogP contribution in [0.4, 0.5) is 0 Å². The van der Waals surface area contributed by atoms with Gasteiger partial charge in [-0.25, -0.2) is 0 Å². The quantitative estimate of drug-likeness (QED) is 0.864. The fourth-order valence-electron chi connectivity index (χ4n) is 2.69. The van der Waals surface area contributed by atoms with E-state index in [0.29, 0.717) is 6.04 Å². The lowest BCUT2D eigenvalue weighted by atomic mass is 9.92. The van der Waals surface area contributed by atoms with Gasteiger partial charge in [0.1, 0.15) is 0 Å². The number of aryl methyl sites for hydroxylation is 3. The molecule has 0 bridgehead atoms. The maximum Gasteiger partial charge on any atom is 0.0363 e. The van der Waals surface area contributed by atoms with Crippen LogP contribution >= 0.6 is 0 Å². The number of rotatable bonds is 4. The Hall–Kier alpha value is -1.60. The zero-order valence-corrected chi connectivity index (χ0v) is 12.3. The molecule has 19 heavy (non-hydrogen) atoms. The average Bonchev–Trinajstić information content (AvgIpc) is 2.39. The van der Waals surface area contributed by atoms with E-state index in [4.69, 9.17) is 0 Å². The van der Waals surface area contributed by atoms with Crippen molar-refractivity contribution in [3.8, 4) is 0 Å². The fraction of sp³-hybridized carbons (Fsp3) is 0.333. The maximum absolute atomic E-state index is 3.46. The zero-order chi connectivity index (χ0) is 13.8. The Morgan fingerprint density at radius 2 is 1.47 bits per heavy atom. The van der Waals surface area contributed by atoms with Crippen LogP contribution in [0.1, 0.15) is 33.9 Å². The van der Waals surface area contributed by atoms with Gasteiger partial charge in [-0.05, 0) is 56.5 Å². The van der Waals surface area contributed by atoms with Crippen molar-refractivity contribution in [1.29, 1.82) is 0 Å². The topological polar surface area (TPSA) is 12.0 Å². The van der Waals surface area contributed by atoms with E-state index in [1.165, 1.54) is 27.8 Å². The molecule has 0 heterocycles. The fourth-order valence-corrected chi connectivity index (χ4v) is 2.69. The summed E-state index contributed by atoms with van der Waals surface area (Å²) in [5, 5.41) is 3.46. The Labute approximate surface area is 116 Å². The first-order valence-corrected chi connectivity index (χ1v) is 6.90. The lowest BCUT2D eigenvalue weighted by Crippen LogP contribution is -2.20. The molecule has 1 nitrogen and oxygen atoms in total. The molecule has 0 aromatic heterocycles. The third kappa shape index (κ3) is 3.24. The van der Waals surface area contributed by atoms with E-state index in [1.807, 2.05) is 7.05 Å². The van der Waals surface area contributed by atoms with Crippen LogP contribution in [0.5, 0.6) is 0 Å². The first-order valence-electron chi connectivity index (χ1n) is 6.90. The minimum absolute atomic E-state index is 0.379. The molecular weight excluding hydrogens is 230 g/mol. The molecule has 1 unspecified atom stereocenters. The van der Waals surface area contributed by atoms with Crippen LogP contribution in [0.3, 0.4) is 0 Å². The van der Waals surface area contributed by atoms with Gasteiger partial charge in [0.25, 0.3) is 0 Å². The Morgan fingerprint density at radius 3 is 2.00 bits per heavy atom. The van der Waals surface area contributed by atoms with Crippen molar-refractivity contribution >= 4 is 0 Å². The molecule has 0 aliphatic carbocycles. The summed E-state index contributed by atoms with van der Waals surface area (Å²) in [7, 11) is 2.05. The van der Waals surface area contributed by atoms with E-state index in [2.05, 4.69) is 68.6 Å². The molecule has 100 valence electrons. The van der Waals surface area contributed by atoms with Gasteiger partial charge in [-0.3, -0.25) is 0 Å². The van der Waals surface area contributed by atoms with E-state index in [9.17, 15) is 0 Å². The van der Waals surface area contributed by atoms with Gasteiger partial charge in [-0.2, -0.15) is 0 Å². The summed E-state index contributed by atoms with van der Waals surface area (Å²) in [6, 6.07) is 15.7. The highest BCUT2D eigenvalue weighted by Gasteiger charge is 2.14. The molecule has 1 heteroatoms. The van der Waals surface area contributed by atoms with Crippen molar-refractivity contribution in [3.05, 3.63) is 70.3 Å². The number of nitrogens with one attached hydrogen (secondary N) is 1. The van der Waals surface area contributed by atoms with Crippen LogP contribution < -0.4 is 5.32 Å². The third-order valence-electron chi connectivity index (χ3n) is 3.80. The molecule has 0 fully saturated rings. The van der Waals surface area contributed by atoms with Gasteiger partial charge in [0.2, 0.25) is 0 Å². The number of hydrogen-bond acceptors (Lipinski definition) is 1. The molecule has 0 radical (unpaired) electrons. The van der Waals surface area contributed by atoms with Crippen molar-refractivity contribution in [3.63, 3.8) is 0 Å². The van der Waals surface area contributed by atoms with Gasteiger partial charge in [0.15, 0.2) is 0 Å². The Kier molecular flexibility index (Phi) is 4.39. The van der Waals surface area contributed by atoms with Crippen LogP contribution in [-0.2, 0) is 6.42 Å². The molecule has 0 aliphatic heterocycles. The molecule has 0 aliphatic rings. The predicted octanol–water partition coefficient (Wildman–Crippen LogP) is 4.12. The second-order valence-corrected chi connectivity index (χ2v) is 5.34. The van der Waals surface area contributed by atoms with Crippen LogP contribution in [0, 0.1) is 20.8 Å². The summed E-state index contributed by atoms with van der Waals surface area (Å²) in [5.74, 6) is 0. The lowest BCUT2D eigenvalue weighted by Gasteiger charge is -2.21. The van der Waals surface area contributed by atoms with Crippen molar-refractivity contribution in [2.45, 2.75) is 33.2 Å². The summed E-state index contributed by atoms with van der Waals surface area (Å²) in [6.45, 7) is 6.52. The minimum atomic E-state index is 0.379. The molecule has 0 amide bonds. The molecule has 1 N–H and O–H groups in total. The molecule has 1 atom stereocenters. The first kappa shape index (κ1) is 13.8. The number of likely N-dealkylation sites (N-methyl/N-ethyl adjacent to an activating group) is 1. The maximum atomic E-state index is 3.46. The van der Waals surface area contributed by atoms with Gasteiger partial charge in [0.05, 0.1) is 0 Å². The summed E-state index contributed by atoms with van der Waals surface area (Å²) in [5.41, 5.74) is 6.87. The second kappa shape index (κ2) is 6.03. The highest BCUT2D eigenvalue weighted by Crippen LogP contribution is 2.25. The number of hydrogen-bond donors (Lipinski definition) is 1. The van der Waals surface area contributed by atoms with E-state index in [1.54, 1.807) is 0 Å². The molecular formula is C18H23N. The van der Waals surface area contributed by atoms with Gasteiger partial charge >= 0.3 is 0 Å². The average molecular weight is 253 g/mol. The molecule has 2 aromatic rings. The first-order chi connectivity index (χ1) is 9.11. The largest absolute Gasteiger partial charge is 0.313 e. The van der Waals surface area contributed by atoms with Gasteiger partial charge in [0, 0.05) is 6.04 Å². The van der Waals surface area contributed by atoms with Crippen LogP contribution in [0.15, 0.2) is 42.5 Å². The van der Waals surface area contributed by atoms with Crippen LogP contribution in [0.25, 0.3) is 0 Å². The summed E-state index contributed by atoms with van der Waals surface area (Å²) in [4.78, 5) is 0. The van der Waals surface area contributed by atoms with Gasteiger partial charge in [-0.15, -0.1) is 0 Å². The van der Waals surface area contributed by atoms with E-state index in [-0.39, 0.29) is 0 Å². The zero-order valence-electron chi connectivity index (χ0n) is 12.3. The van der Waals surface area contributed by atoms with Crippen molar-refractivity contribution in [1.82, 2.24) is 5.32 Å². The van der Waals surface area contributed by atoms with E-state index in [0.717, 1.165) is 6.42 Å². The third-order valence-corrected chi connectivity index (χ3v) is 3.80. The lowest BCUT2D eigenvalue weighted by molar-refractivity contribution is 0.586. The standard InChI is InChI=1S/C18H23N/c1-13-8-10-16(11-9-13)12-17(19-4)18-14(2)6-5-7-15(18)3/h5-11,17,19H,12H2,1-4H3. The summed E-state index contributed by atoms with van der Waals surface area (Å²) < 4.78 is 0.